The third-order valence-corrected chi connectivity index (χ3v) is 4.35. The molecule has 3 nitrogen and oxygen atoms in total. The number of rotatable bonds is 4. The van der Waals surface area contributed by atoms with Crippen molar-refractivity contribution < 1.29 is 4.79 Å². The highest BCUT2D eigenvalue weighted by Gasteiger charge is 2.32. The highest BCUT2D eigenvalue weighted by Crippen LogP contribution is 2.25. The monoisotopic (exact) mass is 274 g/mol. The molecule has 110 valence electrons. The van der Waals surface area contributed by atoms with Crippen molar-refractivity contribution in [3.8, 4) is 0 Å². The Labute approximate surface area is 122 Å². The number of hydrogen-bond donors (Lipinski definition) is 2. The Morgan fingerprint density at radius 2 is 2.15 bits per heavy atom. The first-order valence-corrected chi connectivity index (χ1v) is 7.53. The summed E-state index contributed by atoms with van der Waals surface area (Å²) in [7, 11) is 0. The summed E-state index contributed by atoms with van der Waals surface area (Å²) in [4.78, 5) is 12.2. The third-order valence-electron chi connectivity index (χ3n) is 4.35. The van der Waals surface area contributed by atoms with E-state index in [1.807, 2.05) is 12.1 Å². The standard InChI is InChI=1S/C17H26N2O/c1-13-6-4-5-7-14(13)8-9-16(20)19-15-10-11-18-12-17(15,2)3/h4-7,15,18H,8-12H2,1-3H3,(H,19,20). The first-order chi connectivity index (χ1) is 9.49. The molecular weight excluding hydrogens is 248 g/mol. The average molecular weight is 274 g/mol. The number of carbonyl (C=O) groups is 1. The normalized spacial score (nSPS) is 21.4. The van der Waals surface area contributed by atoms with E-state index in [0.717, 1.165) is 25.9 Å². The molecular formula is C17H26N2O. The first kappa shape index (κ1) is 15.0. The third kappa shape index (κ3) is 3.83. The zero-order chi connectivity index (χ0) is 14.6. The van der Waals surface area contributed by atoms with Gasteiger partial charge in [0.1, 0.15) is 0 Å². The van der Waals surface area contributed by atoms with Crippen molar-refractivity contribution in [1.82, 2.24) is 10.6 Å². The van der Waals surface area contributed by atoms with Crippen LogP contribution in [0.15, 0.2) is 24.3 Å². The Hall–Kier alpha value is -1.35. The minimum absolute atomic E-state index is 0.135. The van der Waals surface area contributed by atoms with Gasteiger partial charge in [-0.2, -0.15) is 0 Å². The van der Waals surface area contributed by atoms with Gasteiger partial charge >= 0.3 is 0 Å². The number of benzene rings is 1. The largest absolute Gasteiger partial charge is 0.353 e. The predicted octanol–water partition coefficient (Wildman–Crippen LogP) is 2.43. The SMILES string of the molecule is Cc1ccccc1CCC(=O)NC1CCNCC1(C)C. The van der Waals surface area contributed by atoms with Crippen LogP contribution in [0.1, 0.15) is 37.8 Å². The molecule has 1 atom stereocenters. The van der Waals surface area contributed by atoms with Gasteiger partial charge in [0.2, 0.25) is 5.91 Å². The van der Waals surface area contributed by atoms with Crippen LogP contribution in [-0.4, -0.2) is 25.0 Å². The zero-order valence-electron chi connectivity index (χ0n) is 12.8. The van der Waals surface area contributed by atoms with Crippen molar-refractivity contribution in [3.63, 3.8) is 0 Å². The van der Waals surface area contributed by atoms with Gasteiger partial charge in [0.25, 0.3) is 0 Å². The molecule has 1 aliphatic rings. The number of piperidine rings is 1. The molecule has 3 heteroatoms. The van der Waals surface area contributed by atoms with Crippen LogP contribution in [0.5, 0.6) is 0 Å². The van der Waals surface area contributed by atoms with E-state index in [1.165, 1.54) is 11.1 Å². The lowest BCUT2D eigenvalue weighted by molar-refractivity contribution is -0.122. The summed E-state index contributed by atoms with van der Waals surface area (Å²) in [6, 6.07) is 8.57. The second-order valence-electron chi connectivity index (χ2n) is 6.50. The second-order valence-corrected chi connectivity index (χ2v) is 6.50. The molecule has 20 heavy (non-hydrogen) atoms. The molecule has 1 heterocycles. The second kappa shape index (κ2) is 6.40. The Morgan fingerprint density at radius 3 is 2.85 bits per heavy atom. The summed E-state index contributed by atoms with van der Waals surface area (Å²) in [5, 5.41) is 6.61. The highest BCUT2D eigenvalue weighted by atomic mass is 16.1. The lowest BCUT2D eigenvalue weighted by Gasteiger charge is -2.39. The van der Waals surface area contributed by atoms with Gasteiger partial charge in [0, 0.05) is 19.0 Å². The summed E-state index contributed by atoms with van der Waals surface area (Å²) in [6.45, 7) is 8.49. The molecule has 0 saturated carbocycles. The van der Waals surface area contributed by atoms with E-state index in [2.05, 4.69) is 43.5 Å². The fourth-order valence-corrected chi connectivity index (χ4v) is 2.84. The van der Waals surface area contributed by atoms with E-state index in [4.69, 9.17) is 0 Å². The van der Waals surface area contributed by atoms with Crippen LogP contribution in [0.25, 0.3) is 0 Å². The van der Waals surface area contributed by atoms with E-state index in [0.29, 0.717) is 6.42 Å². The fourth-order valence-electron chi connectivity index (χ4n) is 2.84. The van der Waals surface area contributed by atoms with Gasteiger partial charge in [0.15, 0.2) is 0 Å². The van der Waals surface area contributed by atoms with Crippen LogP contribution in [0.2, 0.25) is 0 Å². The van der Waals surface area contributed by atoms with Crippen molar-refractivity contribution >= 4 is 5.91 Å². The molecule has 1 aliphatic heterocycles. The summed E-state index contributed by atoms with van der Waals surface area (Å²) in [5.74, 6) is 0.174. The topological polar surface area (TPSA) is 41.1 Å². The maximum absolute atomic E-state index is 12.2. The number of aryl methyl sites for hydroxylation is 2. The van der Waals surface area contributed by atoms with Gasteiger partial charge in [-0.25, -0.2) is 0 Å². The lowest BCUT2D eigenvalue weighted by atomic mass is 9.80. The van der Waals surface area contributed by atoms with Crippen LogP contribution >= 0.6 is 0 Å². The fraction of sp³-hybridized carbons (Fsp3) is 0.588. The summed E-state index contributed by atoms with van der Waals surface area (Å²) >= 11 is 0. The predicted molar refractivity (Wildman–Crippen MR) is 82.7 cm³/mol. The molecule has 0 radical (unpaired) electrons. The van der Waals surface area contributed by atoms with Crippen LogP contribution < -0.4 is 10.6 Å². The van der Waals surface area contributed by atoms with Crippen LogP contribution in [-0.2, 0) is 11.2 Å². The first-order valence-electron chi connectivity index (χ1n) is 7.53. The minimum atomic E-state index is 0.135. The molecule has 0 aromatic heterocycles. The number of amides is 1. The van der Waals surface area contributed by atoms with Crippen molar-refractivity contribution in [2.24, 2.45) is 5.41 Å². The Kier molecular flexibility index (Phi) is 4.81. The van der Waals surface area contributed by atoms with Crippen molar-refractivity contribution in [3.05, 3.63) is 35.4 Å². The maximum Gasteiger partial charge on any atom is 0.220 e. The van der Waals surface area contributed by atoms with Crippen LogP contribution in [0, 0.1) is 12.3 Å². The molecule has 1 saturated heterocycles. The van der Waals surface area contributed by atoms with Gasteiger partial charge in [-0.05, 0) is 42.9 Å². The Bertz CT molecular complexity index is 468. The van der Waals surface area contributed by atoms with Gasteiger partial charge in [-0.1, -0.05) is 38.1 Å². The summed E-state index contributed by atoms with van der Waals surface area (Å²) in [6.07, 6.45) is 2.41. The van der Waals surface area contributed by atoms with Gasteiger partial charge in [-0.3, -0.25) is 4.79 Å². The molecule has 2 rings (SSSR count). The van der Waals surface area contributed by atoms with Crippen molar-refractivity contribution in [2.45, 2.75) is 46.1 Å². The molecule has 1 aromatic carbocycles. The molecule has 1 amide bonds. The van der Waals surface area contributed by atoms with Gasteiger partial charge in [-0.15, -0.1) is 0 Å². The molecule has 0 bridgehead atoms. The van der Waals surface area contributed by atoms with Crippen molar-refractivity contribution in [2.75, 3.05) is 13.1 Å². The molecule has 1 unspecified atom stereocenters. The Balaban J connectivity index is 1.85. The lowest BCUT2D eigenvalue weighted by Crippen LogP contribution is -2.54. The van der Waals surface area contributed by atoms with E-state index in [1.54, 1.807) is 0 Å². The number of carbonyl (C=O) groups excluding carboxylic acids is 1. The minimum Gasteiger partial charge on any atom is -0.353 e. The highest BCUT2D eigenvalue weighted by molar-refractivity contribution is 5.76. The molecule has 0 aliphatic carbocycles. The smallest absolute Gasteiger partial charge is 0.220 e. The molecule has 1 fully saturated rings. The summed E-state index contributed by atoms with van der Waals surface area (Å²) < 4.78 is 0. The molecule has 2 N–H and O–H groups in total. The van der Waals surface area contributed by atoms with E-state index in [9.17, 15) is 4.79 Å². The molecule has 1 aromatic rings. The summed E-state index contributed by atoms with van der Waals surface area (Å²) in [5.41, 5.74) is 2.67. The quantitative estimate of drug-likeness (QED) is 0.885. The number of nitrogens with one attached hydrogen (secondary N) is 2. The Morgan fingerprint density at radius 1 is 1.40 bits per heavy atom. The van der Waals surface area contributed by atoms with Crippen LogP contribution in [0.4, 0.5) is 0 Å². The van der Waals surface area contributed by atoms with Gasteiger partial charge < -0.3 is 10.6 Å². The molecule has 0 spiro atoms. The zero-order valence-corrected chi connectivity index (χ0v) is 12.8. The van der Waals surface area contributed by atoms with E-state index >= 15 is 0 Å². The maximum atomic E-state index is 12.2. The van der Waals surface area contributed by atoms with Gasteiger partial charge in [0.05, 0.1) is 0 Å². The van der Waals surface area contributed by atoms with Crippen molar-refractivity contribution in [1.29, 1.82) is 0 Å². The van der Waals surface area contributed by atoms with E-state index in [-0.39, 0.29) is 17.4 Å². The number of hydrogen-bond acceptors (Lipinski definition) is 2. The van der Waals surface area contributed by atoms with E-state index < -0.39 is 0 Å². The average Bonchev–Trinajstić information content (AvgIpc) is 2.40. The van der Waals surface area contributed by atoms with Crippen LogP contribution in [0.3, 0.4) is 0 Å².